The van der Waals surface area contributed by atoms with E-state index in [0.717, 1.165) is 6.07 Å². The molecule has 0 radical (unpaired) electrons. The summed E-state index contributed by atoms with van der Waals surface area (Å²) in [7, 11) is 0. The monoisotopic (exact) mass is 330 g/mol. The number of alkyl halides is 1. The van der Waals surface area contributed by atoms with E-state index in [4.69, 9.17) is 23.2 Å². The Morgan fingerprint density at radius 1 is 1.00 bits per heavy atom. The first kappa shape index (κ1) is 14.2. The minimum Gasteiger partial charge on any atom is -0.292 e. The van der Waals surface area contributed by atoms with Crippen LogP contribution < -0.4 is 0 Å². The third-order valence-electron chi connectivity index (χ3n) is 3.04. The molecule has 0 aliphatic rings. The molecule has 0 amide bonds. The van der Waals surface area contributed by atoms with Gasteiger partial charge in [0.2, 0.25) is 0 Å². The van der Waals surface area contributed by atoms with Crippen LogP contribution in [0.4, 0.5) is 13.2 Å². The van der Waals surface area contributed by atoms with Gasteiger partial charge in [0.15, 0.2) is 11.6 Å². The van der Waals surface area contributed by atoms with Crippen LogP contribution >= 0.6 is 23.2 Å². The Hall–Kier alpha value is -1.72. The molecule has 0 spiro atoms. The molecule has 3 rings (SSSR count). The Kier molecular flexibility index (Phi) is 3.55. The second kappa shape index (κ2) is 5.24. The van der Waals surface area contributed by atoms with Gasteiger partial charge in [0.25, 0.3) is 0 Å². The topological polar surface area (TPSA) is 17.8 Å². The lowest BCUT2D eigenvalue weighted by Crippen LogP contribution is -2.04. The lowest BCUT2D eigenvalue weighted by atomic mass is 10.2. The first-order valence-electron chi connectivity index (χ1n) is 5.89. The van der Waals surface area contributed by atoms with Crippen LogP contribution in [0, 0.1) is 17.5 Å². The minimum absolute atomic E-state index is 0.0231. The highest BCUT2D eigenvalue weighted by Crippen LogP contribution is 2.27. The van der Waals surface area contributed by atoms with Crippen molar-refractivity contribution in [3.8, 4) is 5.69 Å². The first-order chi connectivity index (χ1) is 10.0. The van der Waals surface area contributed by atoms with Gasteiger partial charge in [-0.1, -0.05) is 11.6 Å². The highest BCUT2D eigenvalue weighted by atomic mass is 35.5. The van der Waals surface area contributed by atoms with Crippen LogP contribution in [0.25, 0.3) is 16.7 Å². The van der Waals surface area contributed by atoms with E-state index in [0.29, 0.717) is 27.9 Å². The van der Waals surface area contributed by atoms with Crippen LogP contribution in [0.3, 0.4) is 0 Å². The number of fused-ring (bicyclic) bond motifs is 1. The molecule has 7 heteroatoms. The van der Waals surface area contributed by atoms with E-state index in [9.17, 15) is 13.2 Å². The van der Waals surface area contributed by atoms with Crippen LogP contribution in [-0.2, 0) is 5.88 Å². The Balaban J connectivity index is 2.36. The largest absolute Gasteiger partial charge is 0.292 e. The van der Waals surface area contributed by atoms with Crippen molar-refractivity contribution >= 4 is 34.2 Å². The third-order valence-corrected chi connectivity index (χ3v) is 3.51. The molecule has 0 aliphatic carbocycles. The van der Waals surface area contributed by atoms with Gasteiger partial charge in [0.1, 0.15) is 11.6 Å². The fourth-order valence-electron chi connectivity index (χ4n) is 2.15. The Bertz CT molecular complexity index is 846. The number of halogens is 5. The molecule has 0 saturated heterocycles. The molecule has 0 fully saturated rings. The zero-order valence-electron chi connectivity index (χ0n) is 10.4. The molecule has 2 aromatic carbocycles. The van der Waals surface area contributed by atoms with E-state index >= 15 is 0 Å². The molecule has 3 aromatic rings. The van der Waals surface area contributed by atoms with Crippen LogP contribution in [0.2, 0.25) is 5.02 Å². The van der Waals surface area contributed by atoms with Gasteiger partial charge >= 0.3 is 0 Å². The van der Waals surface area contributed by atoms with Crippen molar-refractivity contribution in [2.24, 2.45) is 0 Å². The highest BCUT2D eigenvalue weighted by molar-refractivity contribution is 6.31. The van der Waals surface area contributed by atoms with Gasteiger partial charge in [-0.25, -0.2) is 18.2 Å². The van der Waals surface area contributed by atoms with Crippen molar-refractivity contribution in [3.63, 3.8) is 0 Å². The molecule has 0 unspecified atom stereocenters. The lowest BCUT2D eigenvalue weighted by Gasteiger charge is -2.09. The normalized spacial score (nSPS) is 11.3. The zero-order chi connectivity index (χ0) is 15.1. The van der Waals surface area contributed by atoms with E-state index in [1.807, 2.05) is 0 Å². The van der Waals surface area contributed by atoms with Crippen molar-refractivity contribution in [1.29, 1.82) is 0 Å². The van der Waals surface area contributed by atoms with Gasteiger partial charge in [-0.15, -0.1) is 11.6 Å². The maximum absolute atomic E-state index is 14.0. The summed E-state index contributed by atoms with van der Waals surface area (Å²) in [6, 6.07) is 6.06. The maximum Gasteiger partial charge on any atom is 0.161 e. The molecule has 0 aliphatic heterocycles. The smallest absolute Gasteiger partial charge is 0.161 e. The molecule has 0 bridgehead atoms. The molecule has 0 N–H and O–H groups in total. The first-order valence-corrected chi connectivity index (χ1v) is 6.80. The number of nitrogens with zero attached hydrogens (tertiary/aromatic N) is 2. The lowest BCUT2D eigenvalue weighted by molar-refractivity contribution is 0.493. The van der Waals surface area contributed by atoms with Gasteiger partial charge in [0.05, 0.1) is 22.6 Å². The van der Waals surface area contributed by atoms with E-state index < -0.39 is 17.5 Å². The summed E-state index contributed by atoms with van der Waals surface area (Å²) in [4.78, 5) is 4.23. The summed E-state index contributed by atoms with van der Waals surface area (Å²) in [6.45, 7) is 0. The average molecular weight is 331 g/mol. The maximum atomic E-state index is 14.0. The van der Waals surface area contributed by atoms with Crippen LogP contribution in [0.15, 0.2) is 30.3 Å². The van der Waals surface area contributed by atoms with Crippen LogP contribution in [0.1, 0.15) is 5.82 Å². The third kappa shape index (κ3) is 2.36. The van der Waals surface area contributed by atoms with Crippen molar-refractivity contribution < 1.29 is 13.2 Å². The molecule has 0 atom stereocenters. The number of imidazole rings is 1. The standard InChI is InChI=1S/C14H7Cl2F3N2/c15-6-14-20-11-3-7(16)1-2-12(11)21(14)13-5-9(18)8(17)4-10(13)19/h1-5H,6H2. The van der Waals surface area contributed by atoms with E-state index in [1.165, 1.54) is 4.57 Å². The quantitative estimate of drug-likeness (QED) is 0.486. The van der Waals surface area contributed by atoms with Gasteiger partial charge < -0.3 is 0 Å². The molecular weight excluding hydrogens is 324 g/mol. The molecule has 2 nitrogen and oxygen atoms in total. The fourth-order valence-corrected chi connectivity index (χ4v) is 2.49. The van der Waals surface area contributed by atoms with Crippen molar-refractivity contribution in [2.75, 3.05) is 0 Å². The van der Waals surface area contributed by atoms with Crippen molar-refractivity contribution in [2.45, 2.75) is 5.88 Å². The molecule has 108 valence electrons. The summed E-state index contributed by atoms with van der Waals surface area (Å²) in [6.07, 6.45) is 0. The minimum atomic E-state index is -1.25. The summed E-state index contributed by atoms with van der Waals surface area (Å²) in [5.74, 6) is -3.03. The van der Waals surface area contributed by atoms with Gasteiger partial charge in [-0.05, 0) is 18.2 Å². The molecule has 1 heterocycles. The Labute approximate surface area is 127 Å². The molecule has 1 aromatic heterocycles. The van der Waals surface area contributed by atoms with Crippen LogP contribution in [0.5, 0.6) is 0 Å². The van der Waals surface area contributed by atoms with Crippen molar-refractivity contribution in [3.05, 3.63) is 58.6 Å². The number of aromatic nitrogens is 2. The van der Waals surface area contributed by atoms with E-state index in [2.05, 4.69) is 4.98 Å². The molecule has 21 heavy (non-hydrogen) atoms. The van der Waals surface area contributed by atoms with Crippen LogP contribution in [-0.4, -0.2) is 9.55 Å². The summed E-state index contributed by atoms with van der Waals surface area (Å²) in [5, 5.41) is 0.457. The summed E-state index contributed by atoms with van der Waals surface area (Å²) < 4.78 is 41.8. The zero-order valence-corrected chi connectivity index (χ0v) is 11.9. The van der Waals surface area contributed by atoms with Gasteiger partial charge in [-0.2, -0.15) is 0 Å². The van der Waals surface area contributed by atoms with Gasteiger partial charge in [0, 0.05) is 17.2 Å². The van der Waals surface area contributed by atoms with E-state index in [-0.39, 0.29) is 11.6 Å². The second-order valence-electron chi connectivity index (χ2n) is 4.35. The summed E-state index contributed by atoms with van der Waals surface area (Å²) >= 11 is 11.7. The molecule has 0 saturated carbocycles. The van der Waals surface area contributed by atoms with Gasteiger partial charge in [-0.3, -0.25) is 4.57 Å². The molecular formula is C14H7Cl2F3N2. The highest BCUT2D eigenvalue weighted by Gasteiger charge is 2.17. The average Bonchev–Trinajstić information content (AvgIpc) is 2.80. The fraction of sp³-hybridized carbons (Fsp3) is 0.0714. The van der Waals surface area contributed by atoms with E-state index in [1.54, 1.807) is 18.2 Å². The van der Waals surface area contributed by atoms with Crippen molar-refractivity contribution in [1.82, 2.24) is 9.55 Å². The predicted octanol–water partition coefficient (Wildman–Crippen LogP) is 4.84. The Morgan fingerprint density at radius 2 is 1.71 bits per heavy atom. The predicted molar refractivity (Wildman–Crippen MR) is 75.5 cm³/mol. The number of benzene rings is 2. The summed E-state index contributed by atoms with van der Waals surface area (Å²) in [5.41, 5.74) is 0.830. The number of hydrogen-bond donors (Lipinski definition) is 0. The number of rotatable bonds is 2. The second-order valence-corrected chi connectivity index (χ2v) is 5.05. The number of hydrogen-bond acceptors (Lipinski definition) is 1. The SMILES string of the molecule is Fc1cc(F)c(-n2c(CCl)nc3cc(Cl)ccc32)cc1F. The Morgan fingerprint density at radius 3 is 2.43 bits per heavy atom.